The third kappa shape index (κ3) is 1.42. The van der Waals surface area contributed by atoms with Gasteiger partial charge in [-0.3, -0.25) is 0 Å². The fourth-order valence-electron chi connectivity index (χ4n) is 2.67. The van der Waals surface area contributed by atoms with Gasteiger partial charge in [0.15, 0.2) is 0 Å². The van der Waals surface area contributed by atoms with Crippen molar-refractivity contribution in [2.75, 3.05) is 20.1 Å². The minimum atomic E-state index is 0.684. The number of nitrogens with zero attached hydrogens (tertiary/aromatic N) is 1. The molecule has 1 saturated carbocycles. The van der Waals surface area contributed by atoms with Crippen LogP contribution in [-0.4, -0.2) is 25.0 Å². The summed E-state index contributed by atoms with van der Waals surface area (Å²) in [5.74, 6) is 0. The quantitative estimate of drug-likeness (QED) is 0.498. The molecule has 0 aromatic heterocycles. The van der Waals surface area contributed by atoms with E-state index in [1.807, 2.05) is 0 Å². The third-order valence-electron chi connectivity index (χ3n) is 3.68. The van der Waals surface area contributed by atoms with Crippen LogP contribution in [0, 0.1) is 5.41 Å². The molecule has 2 rings (SSSR count). The van der Waals surface area contributed by atoms with Crippen molar-refractivity contribution in [1.29, 1.82) is 0 Å². The topological polar surface area (TPSA) is 3.24 Å². The van der Waals surface area contributed by atoms with Crippen LogP contribution < -0.4 is 0 Å². The Hall–Kier alpha value is -0.300. The predicted octanol–water partition coefficient (Wildman–Crippen LogP) is 2.44. The SMILES string of the molecule is C=C1CCC2(CCN(C)CC2)C1. The van der Waals surface area contributed by atoms with E-state index in [9.17, 15) is 0 Å². The van der Waals surface area contributed by atoms with Gasteiger partial charge in [0.1, 0.15) is 0 Å². The second-order valence-electron chi connectivity index (χ2n) is 4.73. The molecule has 0 N–H and O–H groups in total. The summed E-state index contributed by atoms with van der Waals surface area (Å²) < 4.78 is 0. The Morgan fingerprint density at radius 3 is 2.42 bits per heavy atom. The number of hydrogen-bond acceptors (Lipinski definition) is 1. The summed E-state index contributed by atoms with van der Waals surface area (Å²) in [6.45, 7) is 6.71. The van der Waals surface area contributed by atoms with Gasteiger partial charge in [-0.25, -0.2) is 0 Å². The maximum atomic E-state index is 4.11. The molecule has 0 aromatic rings. The van der Waals surface area contributed by atoms with E-state index < -0.39 is 0 Å². The molecule has 1 heteroatoms. The van der Waals surface area contributed by atoms with Crippen LogP contribution in [0.5, 0.6) is 0 Å². The van der Waals surface area contributed by atoms with Crippen LogP contribution in [0.3, 0.4) is 0 Å². The maximum Gasteiger partial charge on any atom is -0.00164 e. The molecule has 0 amide bonds. The van der Waals surface area contributed by atoms with Crippen molar-refractivity contribution >= 4 is 0 Å². The third-order valence-corrected chi connectivity index (χ3v) is 3.68. The first kappa shape index (κ1) is 8.31. The van der Waals surface area contributed by atoms with Crippen LogP contribution in [0.1, 0.15) is 32.1 Å². The van der Waals surface area contributed by atoms with Crippen LogP contribution >= 0.6 is 0 Å². The second-order valence-corrected chi connectivity index (χ2v) is 4.73. The highest BCUT2D eigenvalue weighted by Crippen LogP contribution is 2.47. The van der Waals surface area contributed by atoms with Crippen LogP contribution in [0.15, 0.2) is 12.2 Å². The molecule has 12 heavy (non-hydrogen) atoms. The zero-order chi connectivity index (χ0) is 8.60. The Kier molecular flexibility index (Phi) is 1.99. The molecular weight excluding hydrogens is 146 g/mol. The lowest BCUT2D eigenvalue weighted by molar-refractivity contribution is 0.131. The van der Waals surface area contributed by atoms with Gasteiger partial charge < -0.3 is 4.90 Å². The molecule has 1 aliphatic heterocycles. The van der Waals surface area contributed by atoms with Gasteiger partial charge in [-0.05, 0) is 57.7 Å². The van der Waals surface area contributed by atoms with E-state index >= 15 is 0 Å². The summed E-state index contributed by atoms with van der Waals surface area (Å²) in [5, 5.41) is 0. The molecule has 1 nitrogen and oxygen atoms in total. The zero-order valence-electron chi connectivity index (χ0n) is 8.10. The van der Waals surface area contributed by atoms with Crippen LogP contribution in [0.25, 0.3) is 0 Å². The Morgan fingerprint density at radius 2 is 1.92 bits per heavy atom. The number of rotatable bonds is 0. The Balaban J connectivity index is 1.99. The summed E-state index contributed by atoms with van der Waals surface area (Å²) in [4.78, 5) is 2.45. The van der Waals surface area contributed by atoms with E-state index in [4.69, 9.17) is 0 Å². The molecule has 68 valence electrons. The van der Waals surface area contributed by atoms with Crippen LogP contribution in [0.2, 0.25) is 0 Å². The minimum absolute atomic E-state index is 0.684. The van der Waals surface area contributed by atoms with Gasteiger partial charge in [0, 0.05) is 0 Å². The highest BCUT2D eigenvalue weighted by atomic mass is 15.1. The van der Waals surface area contributed by atoms with Crippen molar-refractivity contribution in [3.05, 3.63) is 12.2 Å². The predicted molar refractivity (Wildman–Crippen MR) is 52.2 cm³/mol. The summed E-state index contributed by atoms with van der Waals surface area (Å²) in [7, 11) is 2.23. The van der Waals surface area contributed by atoms with E-state index in [1.165, 1.54) is 50.8 Å². The van der Waals surface area contributed by atoms with Crippen LogP contribution in [0.4, 0.5) is 0 Å². The van der Waals surface area contributed by atoms with Crippen LogP contribution in [-0.2, 0) is 0 Å². The first-order valence-corrected chi connectivity index (χ1v) is 5.05. The lowest BCUT2D eigenvalue weighted by atomic mass is 9.77. The van der Waals surface area contributed by atoms with Crippen molar-refractivity contribution in [2.45, 2.75) is 32.1 Å². The minimum Gasteiger partial charge on any atom is -0.306 e. The molecule has 0 radical (unpaired) electrons. The van der Waals surface area contributed by atoms with E-state index in [0.717, 1.165) is 0 Å². The smallest absolute Gasteiger partial charge is 0.00164 e. The van der Waals surface area contributed by atoms with Crippen molar-refractivity contribution < 1.29 is 0 Å². The largest absolute Gasteiger partial charge is 0.306 e. The van der Waals surface area contributed by atoms with E-state index in [0.29, 0.717) is 5.41 Å². The Morgan fingerprint density at radius 1 is 1.25 bits per heavy atom. The average Bonchev–Trinajstić information content (AvgIpc) is 2.40. The van der Waals surface area contributed by atoms with Gasteiger partial charge in [-0.2, -0.15) is 0 Å². The summed E-state index contributed by atoms with van der Waals surface area (Å²) >= 11 is 0. The number of allylic oxidation sites excluding steroid dienone is 1. The number of hydrogen-bond donors (Lipinski definition) is 0. The average molecular weight is 165 g/mol. The first-order valence-electron chi connectivity index (χ1n) is 5.05. The monoisotopic (exact) mass is 165 g/mol. The van der Waals surface area contributed by atoms with Crippen molar-refractivity contribution in [3.63, 3.8) is 0 Å². The van der Waals surface area contributed by atoms with Crippen molar-refractivity contribution in [3.8, 4) is 0 Å². The fourth-order valence-corrected chi connectivity index (χ4v) is 2.67. The van der Waals surface area contributed by atoms with Gasteiger partial charge in [0.05, 0.1) is 0 Å². The maximum absolute atomic E-state index is 4.11. The lowest BCUT2D eigenvalue weighted by Crippen LogP contribution is -2.36. The van der Waals surface area contributed by atoms with E-state index in [-0.39, 0.29) is 0 Å². The van der Waals surface area contributed by atoms with Gasteiger partial charge in [0.25, 0.3) is 0 Å². The molecule has 0 bridgehead atoms. The Labute approximate surface area is 75.4 Å². The first-order chi connectivity index (χ1) is 5.70. The summed E-state index contributed by atoms with van der Waals surface area (Å²) in [6, 6.07) is 0. The van der Waals surface area contributed by atoms with E-state index in [1.54, 1.807) is 0 Å². The molecule has 2 fully saturated rings. The van der Waals surface area contributed by atoms with Crippen molar-refractivity contribution in [1.82, 2.24) is 4.90 Å². The lowest BCUT2D eigenvalue weighted by Gasteiger charge is -2.37. The molecule has 2 aliphatic rings. The molecule has 1 heterocycles. The standard InChI is InChI=1S/C11H19N/c1-10-3-4-11(9-10)5-7-12(2)8-6-11/h1,3-9H2,2H3. The highest BCUT2D eigenvalue weighted by Gasteiger charge is 2.37. The second kappa shape index (κ2) is 2.88. The van der Waals surface area contributed by atoms with E-state index in [2.05, 4.69) is 18.5 Å². The Bertz CT molecular complexity index is 187. The van der Waals surface area contributed by atoms with Gasteiger partial charge >= 0.3 is 0 Å². The molecule has 1 aliphatic carbocycles. The summed E-state index contributed by atoms with van der Waals surface area (Å²) in [5.41, 5.74) is 2.18. The van der Waals surface area contributed by atoms with Crippen molar-refractivity contribution in [2.24, 2.45) is 5.41 Å². The molecule has 0 unspecified atom stereocenters. The zero-order valence-corrected chi connectivity index (χ0v) is 8.10. The van der Waals surface area contributed by atoms with Gasteiger partial charge in [0.2, 0.25) is 0 Å². The normalized spacial score (nSPS) is 29.9. The highest BCUT2D eigenvalue weighted by molar-refractivity contribution is 5.09. The molecule has 1 saturated heterocycles. The fraction of sp³-hybridized carbons (Fsp3) is 0.818. The molecule has 1 spiro atoms. The molecular formula is C11H19N. The van der Waals surface area contributed by atoms with Gasteiger partial charge in [-0.1, -0.05) is 12.2 Å². The number of piperidine rings is 1. The molecule has 0 atom stereocenters. The van der Waals surface area contributed by atoms with Gasteiger partial charge in [-0.15, -0.1) is 0 Å². The molecule has 0 aromatic carbocycles. The number of likely N-dealkylation sites (tertiary alicyclic amines) is 1. The summed E-state index contributed by atoms with van der Waals surface area (Å²) in [6.07, 6.45) is 6.84.